The Hall–Kier alpha value is -3.51. The first-order valence-electron chi connectivity index (χ1n) is 11.9. The molecule has 0 fully saturated rings. The van der Waals surface area contributed by atoms with E-state index < -0.39 is 0 Å². The molecule has 0 aliphatic carbocycles. The molecule has 0 bridgehead atoms. The third-order valence-electron chi connectivity index (χ3n) is 6.65. The van der Waals surface area contributed by atoms with Gasteiger partial charge >= 0.3 is 0 Å². The summed E-state index contributed by atoms with van der Waals surface area (Å²) in [4.78, 5) is 18.4. The summed E-state index contributed by atoms with van der Waals surface area (Å²) in [6.45, 7) is 7.05. The van der Waals surface area contributed by atoms with Gasteiger partial charge in [-0.3, -0.25) is 4.79 Å². The number of nitrogens with zero attached hydrogens (tertiary/aromatic N) is 4. The van der Waals surface area contributed by atoms with E-state index in [2.05, 4.69) is 83.7 Å². The molecule has 5 aromatic rings. The van der Waals surface area contributed by atoms with E-state index >= 15 is 0 Å². The summed E-state index contributed by atoms with van der Waals surface area (Å²) in [5, 5.41) is 6.40. The Balaban J connectivity index is 1.67. The van der Waals surface area contributed by atoms with Crippen molar-refractivity contribution >= 4 is 44.0 Å². The van der Waals surface area contributed by atoms with E-state index in [0.29, 0.717) is 16.7 Å². The maximum atomic E-state index is 13.5. The summed E-state index contributed by atoms with van der Waals surface area (Å²) in [6, 6.07) is 24.4. The summed E-state index contributed by atoms with van der Waals surface area (Å²) in [5.41, 5.74) is 5.02. The van der Waals surface area contributed by atoms with E-state index in [9.17, 15) is 4.79 Å². The molecular weight excluding hydrogens is 500 g/mol. The van der Waals surface area contributed by atoms with Crippen LogP contribution in [0.4, 0.5) is 0 Å². The molecule has 5 nitrogen and oxygen atoms in total. The molecule has 6 heteroatoms. The molecule has 176 valence electrons. The minimum Gasteiger partial charge on any atom is -0.340 e. The fourth-order valence-electron chi connectivity index (χ4n) is 4.48. The third kappa shape index (κ3) is 4.34. The van der Waals surface area contributed by atoms with Crippen LogP contribution < -0.4 is 5.56 Å². The van der Waals surface area contributed by atoms with Crippen molar-refractivity contribution in [1.82, 2.24) is 14.2 Å². The van der Waals surface area contributed by atoms with Crippen LogP contribution in [-0.2, 0) is 6.54 Å². The van der Waals surface area contributed by atoms with E-state index in [0.717, 1.165) is 39.6 Å². The van der Waals surface area contributed by atoms with Crippen molar-refractivity contribution in [3.63, 3.8) is 0 Å². The van der Waals surface area contributed by atoms with Gasteiger partial charge in [0.2, 0.25) is 0 Å². The standard InChI is InChI=1S/C29H27BrN4O/c1-4-19(2)28-32-26-15-14-22(30)16-24(26)29(35)34(28)31-17-25-20(3)33(18-21-10-6-5-7-11-21)27-13-9-8-12-23(25)27/h5-17,19H,4,18H2,1-3H3/t19-/m1/s1. The van der Waals surface area contributed by atoms with Crippen LogP contribution in [0.5, 0.6) is 0 Å². The highest BCUT2D eigenvalue weighted by atomic mass is 79.9. The van der Waals surface area contributed by atoms with Gasteiger partial charge in [0, 0.05) is 39.1 Å². The molecule has 0 aliphatic rings. The van der Waals surface area contributed by atoms with Crippen LogP contribution in [-0.4, -0.2) is 20.4 Å². The average molecular weight is 527 g/mol. The van der Waals surface area contributed by atoms with Crippen LogP contribution in [0.15, 0.2) is 87.2 Å². The second-order valence-corrected chi connectivity index (χ2v) is 9.81. The third-order valence-corrected chi connectivity index (χ3v) is 7.15. The number of hydrogen-bond acceptors (Lipinski definition) is 3. The quantitative estimate of drug-likeness (QED) is 0.227. The number of para-hydroxylation sites is 1. The molecule has 1 atom stereocenters. The first kappa shape index (κ1) is 23.2. The van der Waals surface area contributed by atoms with Gasteiger partial charge < -0.3 is 4.57 Å². The molecule has 3 aromatic carbocycles. The van der Waals surface area contributed by atoms with Gasteiger partial charge in [0.25, 0.3) is 5.56 Å². The Morgan fingerprint density at radius 1 is 1.03 bits per heavy atom. The molecular formula is C29H27BrN4O. The fraction of sp³-hybridized carbons (Fsp3) is 0.207. The van der Waals surface area contributed by atoms with E-state index in [1.54, 1.807) is 0 Å². The number of benzene rings is 3. The van der Waals surface area contributed by atoms with Gasteiger partial charge in [0.05, 0.1) is 17.1 Å². The maximum Gasteiger partial charge on any atom is 0.282 e. The summed E-state index contributed by atoms with van der Waals surface area (Å²) < 4.78 is 4.63. The predicted molar refractivity (Wildman–Crippen MR) is 148 cm³/mol. The number of hydrogen-bond donors (Lipinski definition) is 0. The summed E-state index contributed by atoms with van der Waals surface area (Å²) in [7, 11) is 0. The SMILES string of the molecule is CC[C@@H](C)c1nc2ccc(Br)cc2c(=O)n1N=Cc1c(C)n(Cc2ccccc2)c2ccccc12. The molecule has 5 rings (SSSR count). The predicted octanol–water partition coefficient (Wildman–Crippen LogP) is 6.87. The largest absolute Gasteiger partial charge is 0.340 e. The lowest BCUT2D eigenvalue weighted by atomic mass is 10.1. The molecule has 0 aliphatic heterocycles. The fourth-order valence-corrected chi connectivity index (χ4v) is 4.85. The first-order valence-corrected chi connectivity index (χ1v) is 12.7. The Morgan fingerprint density at radius 2 is 1.77 bits per heavy atom. The molecule has 35 heavy (non-hydrogen) atoms. The lowest BCUT2D eigenvalue weighted by molar-refractivity contribution is 0.613. The lowest BCUT2D eigenvalue weighted by Crippen LogP contribution is -2.23. The average Bonchev–Trinajstić information content (AvgIpc) is 3.14. The van der Waals surface area contributed by atoms with Crippen LogP contribution in [0, 0.1) is 6.92 Å². The molecule has 2 aromatic heterocycles. The van der Waals surface area contributed by atoms with Gasteiger partial charge in [-0.25, -0.2) is 4.98 Å². The molecule has 0 saturated heterocycles. The van der Waals surface area contributed by atoms with E-state index in [4.69, 9.17) is 10.1 Å². The van der Waals surface area contributed by atoms with Gasteiger partial charge in [-0.2, -0.15) is 9.78 Å². The van der Waals surface area contributed by atoms with Crippen molar-refractivity contribution in [3.05, 3.63) is 110 Å². The molecule has 0 radical (unpaired) electrons. The molecule has 2 heterocycles. The first-order chi connectivity index (χ1) is 17.0. The maximum absolute atomic E-state index is 13.5. The zero-order valence-corrected chi connectivity index (χ0v) is 21.7. The number of aromatic nitrogens is 3. The number of halogens is 1. The number of rotatable bonds is 6. The van der Waals surface area contributed by atoms with Crippen LogP contribution in [0.25, 0.3) is 21.8 Å². The van der Waals surface area contributed by atoms with Crippen molar-refractivity contribution in [2.24, 2.45) is 5.10 Å². The van der Waals surface area contributed by atoms with Crippen molar-refractivity contribution in [2.75, 3.05) is 0 Å². The molecule has 0 spiro atoms. The van der Waals surface area contributed by atoms with Gasteiger partial charge in [0.1, 0.15) is 5.82 Å². The van der Waals surface area contributed by atoms with E-state index in [-0.39, 0.29) is 11.5 Å². The zero-order valence-electron chi connectivity index (χ0n) is 20.1. The summed E-state index contributed by atoms with van der Waals surface area (Å²) in [6.07, 6.45) is 2.68. The van der Waals surface area contributed by atoms with Gasteiger partial charge in [0.15, 0.2) is 0 Å². The summed E-state index contributed by atoms with van der Waals surface area (Å²) in [5.74, 6) is 0.766. The van der Waals surface area contributed by atoms with Crippen LogP contribution in [0.3, 0.4) is 0 Å². The summed E-state index contributed by atoms with van der Waals surface area (Å²) >= 11 is 3.48. The van der Waals surface area contributed by atoms with Crippen LogP contribution in [0.2, 0.25) is 0 Å². The second kappa shape index (κ2) is 9.62. The van der Waals surface area contributed by atoms with Crippen LogP contribution >= 0.6 is 15.9 Å². The normalized spacial score (nSPS) is 12.7. The van der Waals surface area contributed by atoms with Gasteiger partial charge in [-0.1, -0.05) is 78.3 Å². The van der Waals surface area contributed by atoms with Crippen molar-refractivity contribution in [2.45, 2.75) is 39.7 Å². The Labute approximate surface area is 212 Å². The topological polar surface area (TPSA) is 52.2 Å². The van der Waals surface area contributed by atoms with E-state index in [1.165, 1.54) is 10.2 Å². The van der Waals surface area contributed by atoms with Gasteiger partial charge in [-0.15, -0.1) is 0 Å². The number of fused-ring (bicyclic) bond motifs is 2. The second-order valence-electron chi connectivity index (χ2n) is 8.89. The zero-order chi connectivity index (χ0) is 24.5. The highest BCUT2D eigenvalue weighted by molar-refractivity contribution is 9.10. The van der Waals surface area contributed by atoms with E-state index in [1.807, 2.05) is 36.5 Å². The van der Waals surface area contributed by atoms with Gasteiger partial charge in [-0.05, 0) is 43.2 Å². The monoisotopic (exact) mass is 526 g/mol. The molecule has 0 N–H and O–H groups in total. The highest BCUT2D eigenvalue weighted by Gasteiger charge is 2.17. The molecule has 0 amide bonds. The molecule has 0 saturated carbocycles. The molecule has 0 unspecified atom stereocenters. The van der Waals surface area contributed by atoms with Crippen molar-refractivity contribution < 1.29 is 0 Å². The van der Waals surface area contributed by atoms with Crippen molar-refractivity contribution in [1.29, 1.82) is 0 Å². The minimum absolute atomic E-state index is 0.0911. The Kier molecular flexibility index (Phi) is 6.39. The lowest BCUT2D eigenvalue weighted by Gasteiger charge is -2.14. The smallest absolute Gasteiger partial charge is 0.282 e. The Bertz CT molecular complexity index is 1620. The van der Waals surface area contributed by atoms with Crippen LogP contribution in [0.1, 0.15) is 48.8 Å². The Morgan fingerprint density at radius 3 is 2.54 bits per heavy atom. The van der Waals surface area contributed by atoms with Crippen molar-refractivity contribution in [3.8, 4) is 0 Å². The minimum atomic E-state index is -0.159. The highest BCUT2D eigenvalue weighted by Crippen LogP contribution is 2.26.